The highest BCUT2D eigenvalue weighted by Crippen LogP contribution is 2.40. The number of ether oxygens (including phenoxy) is 1. The standard InChI is InChI=1S/C22H31N3O4/c1-4-5-10-25-20(27)15-19(21(25)17-6-8-18(29-3)9-7-17)22(28)24-13-11-23(12-14-24)16(2)26/h6-9,19,21H,4-5,10-15H2,1-3H3. The largest absolute Gasteiger partial charge is 0.497 e. The second kappa shape index (κ2) is 9.29. The summed E-state index contributed by atoms with van der Waals surface area (Å²) in [5, 5.41) is 0. The van der Waals surface area contributed by atoms with Crippen molar-refractivity contribution in [2.45, 2.75) is 39.2 Å². The van der Waals surface area contributed by atoms with Crippen molar-refractivity contribution in [3.8, 4) is 5.75 Å². The highest BCUT2D eigenvalue weighted by atomic mass is 16.5. The van der Waals surface area contributed by atoms with Crippen molar-refractivity contribution in [3.63, 3.8) is 0 Å². The van der Waals surface area contributed by atoms with Crippen LogP contribution in [0, 0.1) is 5.92 Å². The number of methoxy groups -OCH3 is 1. The molecule has 3 rings (SSSR count). The van der Waals surface area contributed by atoms with Crippen LogP contribution in [0.15, 0.2) is 24.3 Å². The molecule has 7 heteroatoms. The van der Waals surface area contributed by atoms with E-state index < -0.39 is 5.92 Å². The normalized spacial score (nSPS) is 22.2. The van der Waals surface area contributed by atoms with Gasteiger partial charge in [-0.2, -0.15) is 0 Å². The Morgan fingerprint density at radius 1 is 1.07 bits per heavy atom. The van der Waals surface area contributed by atoms with E-state index in [0.29, 0.717) is 32.7 Å². The quantitative estimate of drug-likeness (QED) is 0.732. The number of unbranched alkanes of at least 4 members (excludes halogenated alkanes) is 1. The van der Waals surface area contributed by atoms with E-state index in [4.69, 9.17) is 4.74 Å². The van der Waals surface area contributed by atoms with E-state index in [2.05, 4.69) is 6.92 Å². The number of nitrogens with zero attached hydrogens (tertiary/aromatic N) is 3. The number of hydrogen-bond acceptors (Lipinski definition) is 4. The molecule has 0 saturated carbocycles. The number of piperazine rings is 1. The Labute approximate surface area is 172 Å². The third kappa shape index (κ3) is 4.54. The minimum Gasteiger partial charge on any atom is -0.497 e. The average Bonchev–Trinajstić information content (AvgIpc) is 3.07. The summed E-state index contributed by atoms with van der Waals surface area (Å²) in [6.07, 6.45) is 2.15. The molecule has 158 valence electrons. The average molecular weight is 402 g/mol. The smallest absolute Gasteiger partial charge is 0.228 e. The maximum absolute atomic E-state index is 13.4. The SMILES string of the molecule is CCCCN1C(=O)CC(C(=O)N2CCN(C(C)=O)CC2)C1c1ccc(OC)cc1. The molecule has 3 amide bonds. The summed E-state index contributed by atoms with van der Waals surface area (Å²) in [7, 11) is 1.62. The summed E-state index contributed by atoms with van der Waals surface area (Å²) in [6, 6.07) is 7.41. The molecule has 2 atom stereocenters. The molecule has 1 aromatic rings. The summed E-state index contributed by atoms with van der Waals surface area (Å²) in [4.78, 5) is 43.2. The van der Waals surface area contributed by atoms with Crippen LogP contribution in [0.2, 0.25) is 0 Å². The summed E-state index contributed by atoms with van der Waals surface area (Å²) in [6.45, 7) is 6.45. The van der Waals surface area contributed by atoms with E-state index in [1.165, 1.54) is 0 Å². The minimum absolute atomic E-state index is 0.0152. The predicted molar refractivity (Wildman–Crippen MR) is 109 cm³/mol. The molecule has 2 fully saturated rings. The zero-order chi connectivity index (χ0) is 21.0. The molecule has 2 aliphatic rings. The van der Waals surface area contributed by atoms with Gasteiger partial charge in [0, 0.05) is 46.1 Å². The van der Waals surface area contributed by atoms with E-state index in [9.17, 15) is 14.4 Å². The first kappa shape index (κ1) is 21.1. The molecule has 2 aliphatic heterocycles. The summed E-state index contributed by atoms with van der Waals surface area (Å²) in [5.41, 5.74) is 0.966. The van der Waals surface area contributed by atoms with Gasteiger partial charge in [-0.05, 0) is 24.1 Å². The van der Waals surface area contributed by atoms with E-state index in [1.807, 2.05) is 34.1 Å². The van der Waals surface area contributed by atoms with Crippen LogP contribution < -0.4 is 4.74 Å². The van der Waals surface area contributed by atoms with Crippen LogP contribution >= 0.6 is 0 Å². The van der Waals surface area contributed by atoms with Gasteiger partial charge in [0.25, 0.3) is 0 Å². The molecule has 0 aliphatic carbocycles. The van der Waals surface area contributed by atoms with Gasteiger partial charge in [0.2, 0.25) is 17.7 Å². The first-order valence-electron chi connectivity index (χ1n) is 10.4. The van der Waals surface area contributed by atoms with E-state index >= 15 is 0 Å². The first-order valence-corrected chi connectivity index (χ1v) is 10.4. The lowest BCUT2D eigenvalue weighted by Gasteiger charge is -2.37. The molecule has 7 nitrogen and oxygen atoms in total. The molecule has 0 radical (unpaired) electrons. The maximum Gasteiger partial charge on any atom is 0.228 e. The second-order valence-corrected chi connectivity index (χ2v) is 7.80. The van der Waals surface area contributed by atoms with Crippen molar-refractivity contribution in [1.29, 1.82) is 0 Å². The number of carbonyl (C=O) groups is 3. The Hall–Kier alpha value is -2.57. The van der Waals surface area contributed by atoms with Crippen molar-refractivity contribution in [2.75, 3.05) is 39.8 Å². The predicted octanol–water partition coefficient (Wildman–Crippen LogP) is 2.08. The molecule has 2 heterocycles. The molecular weight excluding hydrogens is 370 g/mol. The van der Waals surface area contributed by atoms with Gasteiger partial charge in [0.1, 0.15) is 5.75 Å². The van der Waals surface area contributed by atoms with Gasteiger partial charge in [-0.15, -0.1) is 0 Å². The molecule has 29 heavy (non-hydrogen) atoms. The van der Waals surface area contributed by atoms with Gasteiger partial charge in [-0.1, -0.05) is 25.5 Å². The zero-order valence-electron chi connectivity index (χ0n) is 17.6. The fraction of sp³-hybridized carbons (Fsp3) is 0.591. The van der Waals surface area contributed by atoms with Crippen molar-refractivity contribution in [1.82, 2.24) is 14.7 Å². The summed E-state index contributed by atoms with van der Waals surface area (Å²) < 4.78 is 5.26. The molecule has 2 saturated heterocycles. The third-order valence-electron chi connectivity index (χ3n) is 6.00. The lowest BCUT2D eigenvalue weighted by Crippen LogP contribution is -2.52. The Kier molecular flexibility index (Phi) is 6.77. The Morgan fingerprint density at radius 2 is 1.69 bits per heavy atom. The van der Waals surface area contributed by atoms with Gasteiger partial charge in [-0.3, -0.25) is 14.4 Å². The van der Waals surface area contributed by atoms with Gasteiger partial charge in [-0.25, -0.2) is 0 Å². The van der Waals surface area contributed by atoms with Crippen molar-refractivity contribution >= 4 is 17.7 Å². The van der Waals surface area contributed by atoms with E-state index in [1.54, 1.807) is 18.9 Å². The van der Waals surface area contributed by atoms with E-state index in [0.717, 1.165) is 24.2 Å². The molecular formula is C22H31N3O4. The number of benzene rings is 1. The van der Waals surface area contributed by atoms with E-state index in [-0.39, 0.29) is 30.2 Å². The minimum atomic E-state index is -0.392. The Morgan fingerprint density at radius 3 is 2.24 bits per heavy atom. The van der Waals surface area contributed by atoms with Crippen molar-refractivity contribution in [2.24, 2.45) is 5.92 Å². The highest BCUT2D eigenvalue weighted by Gasteiger charge is 2.45. The molecule has 0 spiro atoms. The third-order valence-corrected chi connectivity index (χ3v) is 6.00. The summed E-state index contributed by atoms with van der Waals surface area (Å²) in [5.74, 6) is 0.453. The van der Waals surface area contributed by atoms with Gasteiger partial charge >= 0.3 is 0 Å². The number of likely N-dealkylation sites (tertiary alicyclic amines) is 1. The van der Waals surface area contributed by atoms with Crippen LogP contribution in [0.25, 0.3) is 0 Å². The molecule has 2 unspecified atom stereocenters. The summed E-state index contributed by atoms with van der Waals surface area (Å²) >= 11 is 0. The van der Waals surface area contributed by atoms with Gasteiger partial charge < -0.3 is 19.4 Å². The van der Waals surface area contributed by atoms with Crippen LogP contribution in [0.4, 0.5) is 0 Å². The van der Waals surface area contributed by atoms with Gasteiger partial charge in [0.15, 0.2) is 0 Å². The van der Waals surface area contributed by atoms with Crippen LogP contribution in [0.1, 0.15) is 44.7 Å². The van der Waals surface area contributed by atoms with Crippen molar-refractivity contribution in [3.05, 3.63) is 29.8 Å². The maximum atomic E-state index is 13.4. The Balaban J connectivity index is 1.81. The topological polar surface area (TPSA) is 70.2 Å². The van der Waals surface area contributed by atoms with Gasteiger partial charge in [0.05, 0.1) is 19.1 Å². The molecule has 0 aromatic heterocycles. The first-order chi connectivity index (χ1) is 14.0. The lowest BCUT2D eigenvalue weighted by molar-refractivity contribution is -0.142. The number of amides is 3. The van der Waals surface area contributed by atoms with Crippen LogP contribution in [-0.2, 0) is 14.4 Å². The van der Waals surface area contributed by atoms with Crippen LogP contribution in [0.3, 0.4) is 0 Å². The monoisotopic (exact) mass is 401 g/mol. The number of carbonyl (C=O) groups excluding carboxylic acids is 3. The number of rotatable bonds is 6. The lowest BCUT2D eigenvalue weighted by atomic mass is 9.92. The number of hydrogen-bond donors (Lipinski definition) is 0. The zero-order valence-corrected chi connectivity index (χ0v) is 17.6. The molecule has 0 bridgehead atoms. The Bertz CT molecular complexity index is 741. The fourth-order valence-corrected chi connectivity index (χ4v) is 4.29. The fourth-order valence-electron chi connectivity index (χ4n) is 4.29. The van der Waals surface area contributed by atoms with Crippen molar-refractivity contribution < 1.29 is 19.1 Å². The molecule has 0 N–H and O–H groups in total. The van der Waals surface area contributed by atoms with Crippen LogP contribution in [0.5, 0.6) is 5.75 Å². The second-order valence-electron chi connectivity index (χ2n) is 7.80. The van der Waals surface area contributed by atoms with Crippen LogP contribution in [-0.4, -0.2) is 72.3 Å². The molecule has 1 aromatic carbocycles. The highest BCUT2D eigenvalue weighted by molar-refractivity contribution is 5.90.